The molecule has 0 bridgehead atoms. The Morgan fingerprint density at radius 3 is 2.35 bits per heavy atom. The van der Waals surface area contributed by atoms with E-state index in [0.29, 0.717) is 35.4 Å². The molecular weight excluding hydrogens is 444 g/mol. The van der Waals surface area contributed by atoms with Gasteiger partial charge in [-0.2, -0.15) is 0 Å². The van der Waals surface area contributed by atoms with E-state index in [1.54, 1.807) is 36.4 Å². The van der Waals surface area contributed by atoms with Crippen LogP contribution < -0.4 is 14.8 Å². The van der Waals surface area contributed by atoms with Gasteiger partial charge in [-0.1, -0.05) is 35.3 Å². The molecule has 31 heavy (non-hydrogen) atoms. The van der Waals surface area contributed by atoms with E-state index in [-0.39, 0.29) is 23.0 Å². The number of hydrogen-bond donors (Lipinski definition) is 2. The summed E-state index contributed by atoms with van der Waals surface area (Å²) in [6.45, 7) is 2.90. The Hall–Kier alpha value is -2.96. The Balaban J connectivity index is 1.74. The lowest BCUT2D eigenvalue weighted by Crippen LogP contribution is -2.05. The average molecular weight is 464 g/mol. The standard InChI is InChI=1S/C23H20Cl2FNO4/c1-2-30-21-9-15(12-27-17-7-8-18(23(28)29)20(25)10-17)19(24)11-22(21)31-13-14-3-5-16(26)6-4-14/h3-11,27H,2,12-13H2,1H3,(H,28,29). The molecule has 0 radical (unpaired) electrons. The quantitative estimate of drug-likeness (QED) is 0.383. The molecule has 0 aliphatic heterocycles. The van der Waals surface area contributed by atoms with Gasteiger partial charge in [-0.3, -0.25) is 0 Å². The van der Waals surface area contributed by atoms with Crippen molar-refractivity contribution >= 4 is 34.9 Å². The molecular formula is C23H20Cl2FNO4. The van der Waals surface area contributed by atoms with Crippen LogP contribution in [-0.4, -0.2) is 17.7 Å². The molecule has 0 saturated carbocycles. The lowest BCUT2D eigenvalue weighted by atomic mass is 10.1. The molecule has 0 spiro atoms. The molecule has 0 fully saturated rings. The zero-order valence-electron chi connectivity index (χ0n) is 16.6. The van der Waals surface area contributed by atoms with Crippen LogP contribution in [0.25, 0.3) is 0 Å². The number of anilines is 1. The van der Waals surface area contributed by atoms with E-state index in [9.17, 15) is 9.18 Å². The van der Waals surface area contributed by atoms with Crippen molar-refractivity contribution in [2.24, 2.45) is 0 Å². The van der Waals surface area contributed by atoms with Crippen molar-refractivity contribution < 1.29 is 23.8 Å². The predicted octanol–water partition coefficient (Wildman–Crippen LogP) is 6.42. The highest BCUT2D eigenvalue weighted by molar-refractivity contribution is 6.33. The summed E-state index contributed by atoms with van der Waals surface area (Å²) >= 11 is 12.5. The van der Waals surface area contributed by atoms with Gasteiger partial charge in [0.15, 0.2) is 11.5 Å². The van der Waals surface area contributed by atoms with Crippen molar-refractivity contribution in [3.63, 3.8) is 0 Å². The number of benzene rings is 3. The van der Waals surface area contributed by atoms with Crippen molar-refractivity contribution in [3.8, 4) is 11.5 Å². The minimum Gasteiger partial charge on any atom is -0.490 e. The molecule has 0 unspecified atom stereocenters. The van der Waals surface area contributed by atoms with Crippen LogP contribution in [0.2, 0.25) is 10.0 Å². The Kier molecular flexibility index (Phi) is 7.60. The smallest absolute Gasteiger partial charge is 0.337 e. The summed E-state index contributed by atoms with van der Waals surface area (Å²) in [6.07, 6.45) is 0. The molecule has 3 aromatic rings. The van der Waals surface area contributed by atoms with Gasteiger partial charge in [-0.15, -0.1) is 0 Å². The first-order valence-corrected chi connectivity index (χ1v) is 10.2. The summed E-state index contributed by atoms with van der Waals surface area (Å²) in [5.41, 5.74) is 2.26. The van der Waals surface area contributed by atoms with Crippen LogP contribution in [0.15, 0.2) is 54.6 Å². The van der Waals surface area contributed by atoms with E-state index in [2.05, 4.69) is 5.32 Å². The summed E-state index contributed by atoms with van der Waals surface area (Å²) in [6, 6.07) is 14.1. The number of ether oxygens (including phenoxy) is 2. The topological polar surface area (TPSA) is 67.8 Å². The van der Waals surface area contributed by atoms with Crippen LogP contribution in [0.5, 0.6) is 11.5 Å². The van der Waals surface area contributed by atoms with E-state index in [1.807, 2.05) is 6.92 Å². The SMILES string of the molecule is CCOc1cc(CNc2ccc(C(=O)O)c(Cl)c2)c(Cl)cc1OCc1ccc(F)cc1. The zero-order chi connectivity index (χ0) is 22.4. The monoisotopic (exact) mass is 463 g/mol. The average Bonchev–Trinajstić information content (AvgIpc) is 2.73. The highest BCUT2D eigenvalue weighted by Gasteiger charge is 2.13. The maximum atomic E-state index is 13.1. The first-order valence-electron chi connectivity index (χ1n) is 9.46. The summed E-state index contributed by atoms with van der Waals surface area (Å²) < 4.78 is 24.6. The second-order valence-electron chi connectivity index (χ2n) is 6.59. The lowest BCUT2D eigenvalue weighted by molar-refractivity contribution is 0.0697. The minimum atomic E-state index is -1.09. The van der Waals surface area contributed by atoms with Crippen molar-refractivity contribution in [3.05, 3.63) is 87.2 Å². The van der Waals surface area contributed by atoms with Crippen molar-refractivity contribution in [2.45, 2.75) is 20.1 Å². The second kappa shape index (κ2) is 10.4. The molecule has 0 atom stereocenters. The molecule has 0 saturated heterocycles. The molecule has 0 amide bonds. The number of hydrogen-bond acceptors (Lipinski definition) is 4. The highest BCUT2D eigenvalue weighted by atomic mass is 35.5. The molecule has 0 heterocycles. The Morgan fingerprint density at radius 2 is 1.71 bits per heavy atom. The lowest BCUT2D eigenvalue weighted by Gasteiger charge is -2.16. The van der Waals surface area contributed by atoms with Crippen LogP contribution >= 0.6 is 23.2 Å². The molecule has 0 aromatic heterocycles. The fraction of sp³-hybridized carbons (Fsp3) is 0.174. The fourth-order valence-electron chi connectivity index (χ4n) is 2.83. The van der Waals surface area contributed by atoms with E-state index in [0.717, 1.165) is 11.1 Å². The molecule has 0 aliphatic rings. The van der Waals surface area contributed by atoms with Gasteiger partial charge in [-0.25, -0.2) is 9.18 Å². The Morgan fingerprint density at radius 1 is 1.00 bits per heavy atom. The van der Waals surface area contributed by atoms with Crippen LogP contribution in [0, 0.1) is 5.82 Å². The maximum absolute atomic E-state index is 13.1. The normalized spacial score (nSPS) is 10.6. The van der Waals surface area contributed by atoms with Gasteiger partial charge < -0.3 is 19.9 Å². The van der Waals surface area contributed by atoms with Crippen LogP contribution in [0.4, 0.5) is 10.1 Å². The number of carboxylic acids is 1. The third kappa shape index (κ3) is 6.03. The zero-order valence-corrected chi connectivity index (χ0v) is 18.1. The van der Waals surface area contributed by atoms with Gasteiger partial charge in [-0.05, 0) is 54.4 Å². The summed E-state index contributed by atoms with van der Waals surface area (Å²) in [5, 5.41) is 12.9. The number of rotatable bonds is 9. The fourth-order valence-corrected chi connectivity index (χ4v) is 3.31. The van der Waals surface area contributed by atoms with Gasteiger partial charge in [0, 0.05) is 23.3 Å². The summed E-state index contributed by atoms with van der Waals surface area (Å²) in [4.78, 5) is 11.1. The third-order valence-electron chi connectivity index (χ3n) is 4.40. The minimum absolute atomic E-state index is 0.0338. The molecule has 162 valence electrons. The molecule has 8 heteroatoms. The highest BCUT2D eigenvalue weighted by Crippen LogP contribution is 2.35. The summed E-state index contributed by atoms with van der Waals surface area (Å²) in [7, 11) is 0. The molecule has 3 aromatic carbocycles. The second-order valence-corrected chi connectivity index (χ2v) is 7.41. The maximum Gasteiger partial charge on any atom is 0.337 e. The van der Waals surface area contributed by atoms with Crippen LogP contribution in [0.1, 0.15) is 28.4 Å². The van der Waals surface area contributed by atoms with Crippen molar-refractivity contribution in [2.75, 3.05) is 11.9 Å². The van der Waals surface area contributed by atoms with Gasteiger partial charge in [0.05, 0.1) is 17.2 Å². The molecule has 5 nitrogen and oxygen atoms in total. The van der Waals surface area contributed by atoms with Gasteiger partial charge >= 0.3 is 5.97 Å². The largest absolute Gasteiger partial charge is 0.490 e. The van der Waals surface area contributed by atoms with Crippen molar-refractivity contribution in [1.82, 2.24) is 0 Å². The Labute approximate surface area is 189 Å². The summed E-state index contributed by atoms with van der Waals surface area (Å²) in [5.74, 6) is -0.381. The van der Waals surface area contributed by atoms with Crippen LogP contribution in [0.3, 0.4) is 0 Å². The molecule has 2 N–H and O–H groups in total. The van der Waals surface area contributed by atoms with E-state index < -0.39 is 5.97 Å². The molecule has 0 aliphatic carbocycles. The number of carbonyl (C=O) groups is 1. The number of halogens is 3. The van der Waals surface area contributed by atoms with Crippen LogP contribution in [-0.2, 0) is 13.2 Å². The van der Waals surface area contributed by atoms with Gasteiger partial charge in [0.1, 0.15) is 12.4 Å². The van der Waals surface area contributed by atoms with E-state index in [1.165, 1.54) is 18.2 Å². The van der Waals surface area contributed by atoms with Crippen molar-refractivity contribution in [1.29, 1.82) is 0 Å². The van der Waals surface area contributed by atoms with E-state index >= 15 is 0 Å². The first-order chi connectivity index (χ1) is 14.9. The third-order valence-corrected chi connectivity index (χ3v) is 5.07. The van der Waals surface area contributed by atoms with E-state index in [4.69, 9.17) is 37.8 Å². The Bertz CT molecular complexity index is 1070. The van der Waals surface area contributed by atoms with Gasteiger partial charge in [0.2, 0.25) is 0 Å². The van der Waals surface area contributed by atoms with Gasteiger partial charge in [0.25, 0.3) is 0 Å². The first kappa shape index (κ1) is 22.7. The number of nitrogens with one attached hydrogen (secondary N) is 1. The number of carboxylic acid groups (broad SMARTS) is 1. The number of aromatic carboxylic acids is 1. The predicted molar refractivity (Wildman–Crippen MR) is 119 cm³/mol. The molecule has 3 rings (SSSR count).